The Morgan fingerprint density at radius 2 is 1.85 bits per heavy atom. The predicted octanol–water partition coefficient (Wildman–Crippen LogP) is 4.31. The third-order valence-electron chi connectivity index (χ3n) is 9.60. The summed E-state index contributed by atoms with van der Waals surface area (Å²) >= 11 is 1.66. The topological polar surface area (TPSA) is 106 Å². The Morgan fingerprint density at radius 3 is 2.57 bits per heavy atom. The predicted molar refractivity (Wildman–Crippen MR) is 177 cm³/mol. The van der Waals surface area contributed by atoms with Crippen molar-refractivity contribution >= 4 is 28.3 Å². The average molecular weight is 639 g/mol. The highest BCUT2D eigenvalue weighted by molar-refractivity contribution is 7.09. The van der Waals surface area contributed by atoms with E-state index in [1.165, 1.54) is 21.3 Å². The molecule has 0 bridgehead atoms. The molecule has 2 atom stereocenters. The van der Waals surface area contributed by atoms with E-state index in [0.29, 0.717) is 37.0 Å². The number of methoxy groups -OCH3 is 1. The van der Waals surface area contributed by atoms with Crippen molar-refractivity contribution in [2.75, 3.05) is 33.3 Å². The minimum Gasteiger partial charge on any atom is -0.497 e. The number of likely N-dealkylation sites (tertiary alicyclic amines) is 2. The molecule has 10 nitrogen and oxygen atoms in total. The van der Waals surface area contributed by atoms with Gasteiger partial charge < -0.3 is 19.3 Å². The molecule has 2 fully saturated rings. The van der Waals surface area contributed by atoms with Crippen molar-refractivity contribution in [3.8, 4) is 11.4 Å². The molecule has 46 heavy (non-hydrogen) atoms. The minimum atomic E-state index is -1.11. The second kappa shape index (κ2) is 12.8. The second-order valence-electron chi connectivity index (χ2n) is 12.5. The van der Waals surface area contributed by atoms with Gasteiger partial charge >= 0.3 is 0 Å². The molecule has 5 heterocycles. The van der Waals surface area contributed by atoms with Crippen LogP contribution in [0.15, 0.2) is 89.7 Å². The number of nitrogens with zero attached hydrogens (tertiary/aromatic N) is 6. The largest absolute Gasteiger partial charge is 0.497 e. The maximum Gasteiger partial charge on any atom is 0.262 e. The van der Waals surface area contributed by atoms with Crippen LogP contribution in [0.5, 0.6) is 5.75 Å². The highest BCUT2D eigenvalue weighted by atomic mass is 32.1. The summed E-state index contributed by atoms with van der Waals surface area (Å²) in [6, 6.07) is 19.7. The number of aromatic nitrogens is 4. The molecule has 1 N–H and O–H groups in total. The van der Waals surface area contributed by atoms with Crippen LogP contribution in [-0.4, -0.2) is 78.8 Å². The van der Waals surface area contributed by atoms with Gasteiger partial charge in [-0.25, -0.2) is 4.98 Å². The summed E-state index contributed by atoms with van der Waals surface area (Å²) < 4.78 is 8.63. The van der Waals surface area contributed by atoms with E-state index in [9.17, 15) is 14.7 Å². The molecule has 1 amide bonds. The van der Waals surface area contributed by atoms with Gasteiger partial charge in [-0.3, -0.25) is 24.0 Å². The van der Waals surface area contributed by atoms with E-state index in [4.69, 9.17) is 4.74 Å². The summed E-state index contributed by atoms with van der Waals surface area (Å²) in [6.07, 6.45) is 6.86. The normalized spacial score (nSPS) is 20.2. The number of piperidine rings is 2. The van der Waals surface area contributed by atoms with Gasteiger partial charge in [0.2, 0.25) is 5.91 Å². The van der Waals surface area contributed by atoms with Crippen LogP contribution in [0.3, 0.4) is 0 Å². The van der Waals surface area contributed by atoms with E-state index < -0.39 is 5.60 Å². The lowest BCUT2D eigenvalue weighted by molar-refractivity contribution is -0.142. The number of hydrogen-bond acceptors (Lipinski definition) is 8. The number of hydrogen-bond donors (Lipinski definition) is 1. The first kappa shape index (κ1) is 30.3. The maximum atomic E-state index is 14.0. The van der Waals surface area contributed by atoms with Crippen LogP contribution < -0.4 is 10.3 Å². The van der Waals surface area contributed by atoms with Gasteiger partial charge in [0.25, 0.3) is 5.56 Å². The van der Waals surface area contributed by atoms with Gasteiger partial charge in [-0.05, 0) is 61.7 Å². The van der Waals surface area contributed by atoms with Gasteiger partial charge in [0, 0.05) is 61.0 Å². The number of aliphatic hydroxyl groups is 1. The van der Waals surface area contributed by atoms with Gasteiger partial charge in [0.1, 0.15) is 12.1 Å². The summed E-state index contributed by atoms with van der Waals surface area (Å²) in [6.45, 7) is 3.56. The zero-order valence-electron chi connectivity index (χ0n) is 25.9. The summed E-state index contributed by atoms with van der Waals surface area (Å²) in [5, 5.41) is 12.1. The number of thiazole rings is 1. The van der Waals surface area contributed by atoms with Crippen molar-refractivity contribution in [3.05, 3.63) is 106 Å². The summed E-state index contributed by atoms with van der Waals surface area (Å²) in [5.41, 5.74) is 3.18. The fraction of sp³-hybridized carbons (Fsp3) is 0.371. The first-order chi connectivity index (χ1) is 22.4. The Morgan fingerprint density at radius 1 is 1.07 bits per heavy atom. The first-order valence-corrected chi connectivity index (χ1v) is 16.7. The molecule has 238 valence electrons. The second-order valence-corrected chi connectivity index (χ2v) is 13.4. The quantitative estimate of drug-likeness (QED) is 0.270. The Bertz CT molecular complexity index is 1850. The molecule has 2 saturated heterocycles. The van der Waals surface area contributed by atoms with Gasteiger partial charge in [-0.15, -0.1) is 11.3 Å². The molecule has 0 unspecified atom stereocenters. The molecule has 5 aromatic rings. The zero-order chi connectivity index (χ0) is 31.7. The Kier molecular flexibility index (Phi) is 8.46. The van der Waals surface area contributed by atoms with Crippen LogP contribution >= 0.6 is 11.3 Å². The lowest BCUT2D eigenvalue weighted by Crippen LogP contribution is -2.53. The maximum absolute atomic E-state index is 14.0. The highest BCUT2D eigenvalue weighted by Gasteiger charge is 2.41. The monoisotopic (exact) mass is 638 g/mol. The van der Waals surface area contributed by atoms with Gasteiger partial charge in [0.05, 0.1) is 30.2 Å². The van der Waals surface area contributed by atoms with Crippen LogP contribution in [0.4, 0.5) is 0 Å². The van der Waals surface area contributed by atoms with Crippen molar-refractivity contribution in [2.45, 2.75) is 43.9 Å². The number of rotatable bonds is 8. The van der Waals surface area contributed by atoms with Crippen molar-refractivity contribution in [1.82, 2.24) is 28.9 Å². The third kappa shape index (κ3) is 6.10. The standard InChI is InChI=1S/C35H38N6O4S/c1-45-27-9-7-26(8-10-27)41-16-12-30-32(41)37-23-40(34(30)43)22-35(44)13-17-39(18-14-35)33(42)29-11-15-38(20-28-19-36-24-46-28)21-31(29)25-5-3-2-4-6-25/h2-10,12,16,19,23-24,29,31,44H,11,13-15,17-18,20-22H2,1H3/t29-,31+/m1/s1. The first-order valence-electron chi connectivity index (χ1n) is 15.8. The molecule has 11 heteroatoms. The van der Waals surface area contributed by atoms with E-state index in [2.05, 4.69) is 27.0 Å². The van der Waals surface area contributed by atoms with E-state index >= 15 is 0 Å². The molecule has 2 aliphatic heterocycles. The zero-order valence-corrected chi connectivity index (χ0v) is 26.7. The van der Waals surface area contributed by atoms with Crippen LogP contribution in [0.25, 0.3) is 16.7 Å². The Hall–Kier alpha value is -4.32. The van der Waals surface area contributed by atoms with Crippen LogP contribution in [0.1, 0.15) is 35.6 Å². The van der Waals surface area contributed by atoms with Crippen molar-refractivity contribution in [1.29, 1.82) is 0 Å². The SMILES string of the molecule is COc1ccc(-n2ccc3c(=O)n(CC4(O)CCN(C(=O)[C@@H]5CCN(Cc6cncs6)C[C@H]5c5ccccc5)CC4)cnc32)cc1. The van der Waals surface area contributed by atoms with E-state index in [1.54, 1.807) is 24.5 Å². The fourth-order valence-corrected chi connectivity index (χ4v) is 7.64. The lowest BCUT2D eigenvalue weighted by atomic mass is 9.79. The molecular formula is C35H38N6O4S. The number of amides is 1. The van der Waals surface area contributed by atoms with Crippen molar-refractivity contribution in [2.24, 2.45) is 5.92 Å². The summed E-state index contributed by atoms with van der Waals surface area (Å²) in [5.74, 6) is 0.891. The molecule has 0 aliphatic carbocycles. The van der Waals surface area contributed by atoms with E-state index in [1.807, 2.05) is 69.8 Å². The summed E-state index contributed by atoms with van der Waals surface area (Å²) in [7, 11) is 1.62. The summed E-state index contributed by atoms with van der Waals surface area (Å²) in [4.78, 5) is 41.9. The third-order valence-corrected chi connectivity index (χ3v) is 10.4. The van der Waals surface area contributed by atoms with Gasteiger partial charge in [-0.2, -0.15) is 0 Å². The number of fused-ring (bicyclic) bond motifs is 1. The molecule has 7 rings (SSSR count). The van der Waals surface area contributed by atoms with Crippen LogP contribution in [-0.2, 0) is 17.9 Å². The Balaban J connectivity index is 1.02. The molecule has 2 aromatic carbocycles. The van der Waals surface area contributed by atoms with Crippen LogP contribution in [0, 0.1) is 5.92 Å². The number of carbonyl (C=O) groups excluding carboxylic acids is 1. The average Bonchev–Trinajstić information content (AvgIpc) is 3.77. The smallest absolute Gasteiger partial charge is 0.262 e. The molecule has 3 aromatic heterocycles. The highest BCUT2D eigenvalue weighted by Crippen LogP contribution is 2.36. The minimum absolute atomic E-state index is 0.0952. The molecular weight excluding hydrogens is 600 g/mol. The van der Waals surface area contributed by atoms with Gasteiger partial charge in [0.15, 0.2) is 5.65 Å². The molecule has 0 spiro atoms. The molecule has 0 saturated carbocycles. The Labute approximate surface area is 271 Å². The van der Waals surface area contributed by atoms with E-state index in [-0.39, 0.29) is 29.8 Å². The van der Waals surface area contributed by atoms with Crippen molar-refractivity contribution < 1.29 is 14.6 Å². The lowest BCUT2D eigenvalue weighted by Gasteiger charge is -2.43. The fourth-order valence-electron chi connectivity index (χ4n) is 7.01. The molecule has 2 aliphatic rings. The van der Waals surface area contributed by atoms with Crippen LogP contribution in [0.2, 0.25) is 0 Å². The van der Waals surface area contributed by atoms with Crippen molar-refractivity contribution in [3.63, 3.8) is 0 Å². The number of carbonyl (C=O) groups is 1. The van der Waals surface area contributed by atoms with E-state index in [0.717, 1.165) is 37.5 Å². The van der Waals surface area contributed by atoms with Gasteiger partial charge in [-0.1, -0.05) is 30.3 Å². The number of benzene rings is 2. The number of ether oxygens (including phenoxy) is 1. The molecule has 0 radical (unpaired) electrons.